The second-order valence-electron chi connectivity index (χ2n) is 14.7. The molecule has 6 heterocycles. The number of benzene rings is 6. The first-order valence-corrected chi connectivity index (χ1v) is 21.2. The Hall–Kier alpha value is -7.48. The Morgan fingerprint density at radius 2 is 0.825 bits per heavy atom. The number of fused-ring (bicyclic) bond motifs is 11. The van der Waals surface area contributed by atoms with E-state index in [0.717, 1.165) is 67.6 Å². The summed E-state index contributed by atoms with van der Waals surface area (Å²) >= 11 is 0. The molecule has 2 aliphatic heterocycles. The highest BCUT2D eigenvalue weighted by molar-refractivity contribution is 7.22. The van der Waals surface area contributed by atoms with Crippen LogP contribution in [0.25, 0.3) is 79.8 Å². The molecule has 2 aliphatic rings. The van der Waals surface area contributed by atoms with Crippen LogP contribution < -0.4 is 20.7 Å². The molecule has 0 atom stereocenters. The van der Waals surface area contributed by atoms with Crippen molar-refractivity contribution in [2.45, 2.75) is 0 Å². The Kier molecular flexibility index (Phi) is 6.85. The molecule has 0 saturated heterocycles. The lowest BCUT2D eigenvalue weighted by molar-refractivity contribution is 1.10. The molecular formula is C50H32N6Si. The molecule has 0 N–H and O–H groups in total. The van der Waals surface area contributed by atoms with Gasteiger partial charge >= 0.3 is 0 Å². The summed E-state index contributed by atoms with van der Waals surface area (Å²) in [6.07, 6.45) is 8.39. The number of para-hydroxylation sites is 6. The lowest BCUT2D eigenvalue weighted by Crippen LogP contribution is -2.73. The zero-order chi connectivity index (χ0) is 37.5. The maximum absolute atomic E-state index is 5.32. The van der Waals surface area contributed by atoms with Crippen LogP contribution in [-0.2, 0) is 0 Å². The molecule has 6 aromatic carbocycles. The van der Waals surface area contributed by atoms with E-state index < -0.39 is 8.07 Å². The number of hydrogen-bond donors (Lipinski definition) is 0. The number of aromatic nitrogens is 6. The summed E-state index contributed by atoms with van der Waals surface area (Å²) in [7, 11) is -3.11. The summed E-state index contributed by atoms with van der Waals surface area (Å²) < 4.78 is 4.58. The van der Waals surface area contributed by atoms with E-state index in [1.807, 2.05) is 12.4 Å². The van der Waals surface area contributed by atoms with E-state index in [-0.39, 0.29) is 0 Å². The fraction of sp³-hybridized carbons (Fsp3) is 0. The molecule has 266 valence electrons. The number of rotatable bonds is 4. The first-order valence-electron chi connectivity index (χ1n) is 19.2. The Bertz CT molecular complexity index is 3030. The molecule has 0 saturated carbocycles. The molecule has 0 fully saturated rings. The number of nitrogens with zero attached hydrogens (tertiary/aromatic N) is 6. The minimum absolute atomic E-state index is 0.906. The average molecular weight is 745 g/mol. The van der Waals surface area contributed by atoms with Gasteiger partial charge in [0.15, 0.2) is 8.07 Å². The molecule has 12 rings (SSSR count). The van der Waals surface area contributed by atoms with Crippen LogP contribution in [0.1, 0.15) is 11.1 Å². The molecule has 57 heavy (non-hydrogen) atoms. The molecule has 0 unspecified atom stereocenters. The van der Waals surface area contributed by atoms with Gasteiger partial charge in [-0.2, -0.15) is 0 Å². The topological polar surface area (TPSA) is 61.4 Å². The van der Waals surface area contributed by atoms with E-state index in [4.69, 9.17) is 19.9 Å². The van der Waals surface area contributed by atoms with Crippen molar-refractivity contribution in [1.29, 1.82) is 0 Å². The predicted molar refractivity (Wildman–Crippen MR) is 234 cm³/mol. The van der Waals surface area contributed by atoms with Crippen molar-refractivity contribution in [2.24, 2.45) is 0 Å². The Morgan fingerprint density at radius 1 is 0.386 bits per heavy atom. The van der Waals surface area contributed by atoms with Crippen molar-refractivity contribution in [3.63, 3.8) is 0 Å². The Labute approximate surface area is 329 Å². The van der Waals surface area contributed by atoms with Gasteiger partial charge in [0, 0.05) is 34.9 Å². The molecular weight excluding hydrogens is 713 g/mol. The van der Waals surface area contributed by atoms with Gasteiger partial charge in [0.25, 0.3) is 0 Å². The van der Waals surface area contributed by atoms with Crippen LogP contribution in [0.15, 0.2) is 182 Å². The monoisotopic (exact) mass is 744 g/mol. The molecule has 4 aromatic heterocycles. The minimum atomic E-state index is -3.11. The molecule has 7 heteroatoms. The zero-order valence-electron chi connectivity index (χ0n) is 30.7. The van der Waals surface area contributed by atoms with Gasteiger partial charge in [-0.25, -0.2) is 9.97 Å². The van der Waals surface area contributed by atoms with Gasteiger partial charge in [0.1, 0.15) is 11.6 Å². The predicted octanol–water partition coefficient (Wildman–Crippen LogP) is 8.33. The van der Waals surface area contributed by atoms with Gasteiger partial charge < -0.3 is 0 Å². The van der Waals surface area contributed by atoms with Crippen LogP contribution in [0.4, 0.5) is 0 Å². The molecule has 10 aromatic rings. The lowest BCUT2D eigenvalue weighted by Gasteiger charge is -2.33. The smallest absolute Gasteiger partial charge is 0.185 e. The average Bonchev–Trinajstić information content (AvgIpc) is 3.92. The zero-order valence-corrected chi connectivity index (χ0v) is 31.7. The standard InChI is InChI=1S/C50H32N6Si/c1-3-13-37(14-4-1)55-41-19-9-7-17-39(41)53-49(55)35-27-25-33-23-24-34-26-28-36(50-54-40-18-8-10-20-42(40)56(50)38-15-5-2-6-16-38)32-46(34)57(45(33)31-35)43-21-11-29-51-47(43)48-44(57)22-12-30-52-48/h1-32H. The second kappa shape index (κ2) is 12.3. The first kappa shape index (κ1) is 31.8. The summed E-state index contributed by atoms with van der Waals surface area (Å²) in [5, 5.41) is 5.06. The molecule has 0 bridgehead atoms. The van der Waals surface area contributed by atoms with Gasteiger partial charge in [-0.05, 0) is 92.5 Å². The van der Waals surface area contributed by atoms with Gasteiger partial charge in [-0.15, -0.1) is 0 Å². The molecule has 0 radical (unpaired) electrons. The van der Waals surface area contributed by atoms with Crippen molar-refractivity contribution in [2.75, 3.05) is 0 Å². The largest absolute Gasteiger partial charge is 0.292 e. The highest BCUT2D eigenvalue weighted by Gasteiger charge is 2.52. The molecule has 6 nitrogen and oxygen atoms in total. The Morgan fingerprint density at radius 3 is 1.30 bits per heavy atom. The summed E-state index contributed by atoms with van der Waals surface area (Å²) in [4.78, 5) is 20.8. The van der Waals surface area contributed by atoms with Crippen molar-refractivity contribution in [3.8, 4) is 45.5 Å². The molecule has 0 aliphatic carbocycles. The Balaban J connectivity index is 1.17. The third-order valence-electron chi connectivity index (χ3n) is 11.7. The van der Waals surface area contributed by atoms with Gasteiger partial charge in [-0.3, -0.25) is 19.1 Å². The molecule has 1 spiro atoms. The fourth-order valence-electron chi connectivity index (χ4n) is 9.29. The van der Waals surface area contributed by atoms with Crippen LogP contribution in [-0.4, -0.2) is 37.1 Å². The summed E-state index contributed by atoms with van der Waals surface area (Å²) in [5.74, 6) is 1.81. The number of hydrogen-bond acceptors (Lipinski definition) is 4. The second-order valence-corrected chi connectivity index (χ2v) is 18.3. The summed E-state index contributed by atoms with van der Waals surface area (Å²) in [6.45, 7) is 0. The van der Waals surface area contributed by atoms with E-state index >= 15 is 0 Å². The fourth-order valence-corrected chi connectivity index (χ4v) is 14.7. The van der Waals surface area contributed by atoms with E-state index in [2.05, 4.69) is 191 Å². The van der Waals surface area contributed by atoms with E-state index in [1.165, 1.54) is 31.9 Å². The van der Waals surface area contributed by atoms with Gasteiger partial charge in [0.05, 0.1) is 33.5 Å². The van der Waals surface area contributed by atoms with Crippen molar-refractivity contribution < 1.29 is 0 Å². The summed E-state index contributed by atoms with van der Waals surface area (Å²) in [6, 6.07) is 60.6. The van der Waals surface area contributed by atoms with Crippen LogP contribution >= 0.6 is 0 Å². The SMILES string of the molecule is C1=Cc2ccc(-c3nc4ccccc4n3-c3ccccc3)cc2[Si]2(c3cc(-c4nc5ccccc5n4-c4ccccc4)ccc31)c1cccnc1-c1ncccc12. The molecule has 0 amide bonds. The first-order chi connectivity index (χ1) is 28.3. The normalized spacial score (nSPS) is 13.3. The minimum Gasteiger partial charge on any atom is -0.292 e. The van der Waals surface area contributed by atoms with E-state index in [1.54, 1.807) is 0 Å². The maximum atomic E-state index is 5.32. The number of imidazole rings is 2. The van der Waals surface area contributed by atoms with E-state index in [0.29, 0.717) is 0 Å². The van der Waals surface area contributed by atoms with Crippen LogP contribution in [0.3, 0.4) is 0 Å². The number of pyridine rings is 2. The van der Waals surface area contributed by atoms with Crippen molar-refractivity contribution >= 4 is 63.0 Å². The van der Waals surface area contributed by atoms with Crippen LogP contribution in [0.5, 0.6) is 0 Å². The maximum Gasteiger partial charge on any atom is 0.185 e. The van der Waals surface area contributed by atoms with Gasteiger partial charge in [0.2, 0.25) is 0 Å². The highest BCUT2D eigenvalue weighted by Crippen LogP contribution is 2.35. The highest BCUT2D eigenvalue weighted by atomic mass is 28.3. The van der Waals surface area contributed by atoms with Crippen LogP contribution in [0, 0.1) is 0 Å². The van der Waals surface area contributed by atoms with Gasteiger partial charge in [-0.1, -0.05) is 121 Å². The third kappa shape index (κ3) is 4.57. The lowest BCUT2D eigenvalue weighted by atomic mass is 10.1. The van der Waals surface area contributed by atoms with Crippen LogP contribution in [0.2, 0.25) is 0 Å². The third-order valence-corrected chi connectivity index (χ3v) is 16.6. The quantitative estimate of drug-likeness (QED) is 0.170. The van der Waals surface area contributed by atoms with E-state index in [9.17, 15) is 0 Å². The summed E-state index contributed by atoms with van der Waals surface area (Å²) in [5.41, 5.74) is 12.6. The van der Waals surface area contributed by atoms with Crippen molar-refractivity contribution in [3.05, 3.63) is 193 Å². The van der Waals surface area contributed by atoms with Crippen molar-refractivity contribution in [1.82, 2.24) is 29.1 Å².